The van der Waals surface area contributed by atoms with Crippen LogP contribution in [0.2, 0.25) is 0 Å². The molecule has 0 fully saturated rings. The third-order valence-corrected chi connectivity index (χ3v) is 5.18. The highest BCUT2D eigenvalue weighted by Gasteiger charge is 2.39. The van der Waals surface area contributed by atoms with Crippen LogP contribution in [0.5, 0.6) is 0 Å². The summed E-state index contributed by atoms with van der Waals surface area (Å²) < 4.78 is 41.2. The summed E-state index contributed by atoms with van der Waals surface area (Å²) in [5.74, 6) is -2.09. The van der Waals surface area contributed by atoms with E-state index in [1.165, 1.54) is 12.3 Å². The van der Waals surface area contributed by atoms with Crippen LogP contribution in [-0.2, 0) is 6.54 Å². The largest absolute Gasteiger partial charge is 0.399 e. The van der Waals surface area contributed by atoms with Crippen LogP contribution < -0.4 is 5.32 Å². The molecular formula is C26H26F3N3O. The van der Waals surface area contributed by atoms with E-state index in [1.54, 1.807) is 45.2 Å². The number of hydrogen-bond donors (Lipinski definition) is 1. The zero-order valence-electron chi connectivity index (χ0n) is 19.0. The van der Waals surface area contributed by atoms with E-state index in [-0.39, 0.29) is 17.2 Å². The molecule has 0 saturated carbocycles. The van der Waals surface area contributed by atoms with E-state index in [9.17, 15) is 18.0 Å². The Hall–Kier alpha value is -3.48. The van der Waals surface area contributed by atoms with Crippen molar-refractivity contribution < 1.29 is 18.0 Å². The number of rotatable bonds is 6. The van der Waals surface area contributed by atoms with Gasteiger partial charge in [-0.1, -0.05) is 47.5 Å². The molecule has 2 heterocycles. The molecule has 0 spiro atoms. The van der Waals surface area contributed by atoms with Crippen molar-refractivity contribution in [2.75, 3.05) is 0 Å². The third kappa shape index (κ3) is 6.51. The Morgan fingerprint density at radius 1 is 1.00 bits per heavy atom. The van der Waals surface area contributed by atoms with Gasteiger partial charge in [-0.25, -0.2) is 0 Å². The molecule has 1 amide bonds. The number of alkyl halides is 3. The van der Waals surface area contributed by atoms with Gasteiger partial charge in [-0.05, 0) is 62.1 Å². The summed E-state index contributed by atoms with van der Waals surface area (Å²) in [4.78, 5) is 20.9. The lowest BCUT2D eigenvalue weighted by atomic mass is 9.94. The molecular weight excluding hydrogens is 427 g/mol. The van der Waals surface area contributed by atoms with Gasteiger partial charge in [0, 0.05) is 24.6 Å². The van der Waals surface area contributed by atoms with Crippen molar-refractivity contribution in [1.82, 2.24) is 15.3 Å². The minimum Gasteiger partial charge on any atom is -0.347 e. The fourth-order valence-corrected chi connectivity index (χ4v) is 3.60. The van der Waals surface area contributed by atoms with Crippen molar-refractivity contribution in [1.29, 1.82) is 0 Å². The number of hydrogen-bond acceptors (Lipinski definition) is 3. The van der Waals surface area contributed by atoms with Crippen LogP contribution in [0.1, 0.15) is 55.5 Å². The number of benzene rings is 1. The number of amides is 1. The molecule has 0 aliphatic carbocycles. The van der Waals surface area contributed by atoms with Crippen LogP contribution in [-0.4, -0.2) is 22.1 Å². The zero-order chi connectivity index (χ0) is 24.2. The SMILES string of the molecule is Cc1cc(C)cc(C(/C=C/c2cnc(C(=O)NCc3ccc(C)nc3)c(C)c2)C(F)(F)F)c1. The van der Waals surface area contributed by atoms with Crippen molar-refractivity contribution in [3.63, 3.8) is 0 Å². The molecule has 7 heteroatoms. The minimum absolute atomic E-state index is 0.197. The average molecular weight is 454 g/mol. The van der Waals surface area contributed by atoms with E-state index in [1.807, 2.05) is 25.1 Å². The number of allylic oxidation sites excluding steroid dienone is 1. The van der Waals surface area contributed by atoms with Gasteiger partial charge in [0.2, 0.25) is 0 Å². The van der Waals surface area contributed by atoms with Crippen LogP contribution in [0.3, 0.4) is 0 Å². The molecule has 1 aromatic carbocycles. The predicted octanol–water partition coefficient (Wildman–Crippen LogP) is 6.00. The molecule has 0 aliphatic rings. The topological polar surface area (TPSA) is 54.9 Å². The lowest BCUT2D eigenvalue weighted by Crippen LogP contribution is -2.24. The van der Waals surface area contributed by atoms with Crippen LogP contribution in [0, 0.1) is 27.7 Å². The summed E-state index contributed by atoms with van der Waals surface area (Å²) >= 11 is 0. The smallest absolute Gasteiger partial charge is 0.347 e. The van der Waals surface area contributed by atoms with Gasteiger partial charge in [0.05, 0.1) is 5.92 Å². The first kappa shape index (κ1) is 24.2. The number of carbonyl (C=O) groups excluding carboxylic acids is 1. The molecule has 2 aromatic heterocycles. The Bertz CT molecular complexity index is 1150. The first-order valence-corrected chi connectivity index (χ1v) is 10.5. The first-order chi connectivity index (χ1) is 15.5. The second-order valence-corrected chi connectivity index (χ2v) is 8.22. The second kappa shape index (κ2) is 9.98. The molecule has 0 saturated heterocycles. The maximum atomic E-state index is 13.7. The molecule has 1 atom stereocenters. The summed E-state index contributed by atoms with van der Waals surface area (Å²) in [6, 6.07) is 10.3. The van der Waals surface area contributed by atoms with Gasteiger partial charge in [0.25, 0.3) is 5.91 Å². The molecule has 1 unspecified atom stereocenters. The Morgan fingerprint density at radius 2 is 1.70 bits per heavy atom. The highest BCUT2D eigenvalue weighted by atomic mass is 19.4. The summed E-state index contributed by atoms with van der Waals surface area (Å²) in [7, 11) is 0. The standard InChI is InChI=1S/C26H26F3N3O/c1-16-9-17(2)11-22(10-16)23(26(27,28)29)8-7-20-12-18(3)24(31-13-20)25(33)32-15-21-6-5-19(4)30-14-21/h5-14,23H,15H2,1-4H3,(H,32,33)/b8-7+. The van der Waals surface area contributed by atoms with Gasteiger partial charge < -0.3 is 5.32 Å². The fraction of sp³-hybridized carbons (Fsp3) is 0.269. The Morgan fingerprint density at radius 3 is 2.27 bits per heavy atom. The van der Waals surface area contributed by atoms with E-state index in [0.717, 1.165) is 28.5 Å². The van der Waals surface area contributed by atoms with Crippen molar-refractivity contribution in [2.24, 2.45) is 0 Å². The highest BCUT2D eigenvalue weighted by Crippen LogP contribution is 2.37. The number of nitrogens with one attached hydrogen (secondary N) is 1. The Balaban J connectivity index is 1.76. The fourth-order valence-electron chi connectivity index (χ4n) is 3.60. The predicted molar refractivity (Wildman–Crippen MR) is 123 cm³/mol. The summed E-state index contributed by atoms with van der Waals surface area (Å²) in [6.45, 7) is 7.44. The molecule has 4 nitrogen and oxygen atoms in total. The van der Waals surface area contributed by atoms with Gasteiger partial charge in [0.1, 0.15) is 5.69 Å². The van der Waals surface area contributed by atoms with Gasteiger partial charge >= 0.3 is 6.18 Å². The number of aryl methyl sites for hydroxylation is 4. The van der Waals surface area contributed by atoms with E-state index in [0.29, 0.717) is 17.7 Å². The average Bonchev–Trinajstić information content (AvgIpc) is 2.71. The molecule has 3 rings (SSSR count). The first-order valence-electron chi connectivity index (χ1n) is 10.5. The van der Waals surface area contributed by atoms with Gasteiger partial charge in [-0.15, -0.1) is 0 Å². The third-order valence-electron chi connectivity index (χ3n) is 5.18. The zero-order valence-corrected chi connectivity index (χ0v) is 19.0. The minimum atomic E-state index is -4.43. The molecule has 0 aliphatic heterocycles. The summed E-state index contributed by atoms with van der Waals surface area (Å²) in [6.07, 6.45) is 1.20. The van der Waals surface area contributed by atoms with Crippen LogP contribution in [0.15, 0.2) is 54.9 Å². The number of pyridine rings is 2. The monoisotopic (exact) mass is 453 g/mol. The lowest BCUT2D eigenvalue weighted by molar-refractivity contribution is -0.139. The molecule has 172 valence electrons. The van der Waals surface area contributed by atoms with Crippen molar-refractivity contribution in [3.8, 4) is 0 Å². The van der Waals surface area contributed by atoms with Crippen molar-refractivity contribution in [3.05, 3.63) is 99.6 Å². The van der Waals surface area contributed by atoms with Gasteiger partial charge in [0.15, 0.2) is 0 Å². The van der Waals surface area contributed by atoms with Crippen molar-refractivity contribution >= 4 is 12.0 Å². The van der Waals surface area contributed by atoms with Crippen LogP contribution in [0.4, 0.5) is 13.2 Å². The molecule has 0 bridgehead atoms. The number of carbonyl (C=O) groups is 1. The van der Waals surface area contributed by atoms with Crippen LogP contribution in [0.25, 0.3) is 6.08 Å². The molecule has 1 N–H and O–H groups in total. The quantitative estimate of drug-likeness (QED) is 0.498. The highest BCUT2D eigenvalue weighted by molar-refractivity contribution is 5.93. The number of aromatic nitrogens is 2. The van der Waals surface area contributed by atoms with E-state index >= 15 is 0 Å². The van der Waals surface area contributed by atoms with E-state index in [2.05, 4.69) is 15.3 Å². The lowest BCUT2D eigenvalue weighted by Gasteiger charge is -2.18. The molecule has 33 heavy (non-hydrogen) atoms. The number of nitrogens with zero attached hydrogens (tertiary/aromatic N) is 2. The van der Waals surface area contributed by atoms with Gasteiger partial charge in [-0.2, -0.15) is 13.2 Å². The second-order valence-electron chi connectivity index (χ2n) is 8.22. The van der Waals surface area contributed by atoms with Crippen molar-refractivity contribution in [2.45, 2.75) is 46.3 Å². The van der Waals surface area contributed by atoms with E-state index < -0.39 is 12.1 Å². The summed E-state index contributed by atoms with van der Waals surface area (Å²) in [5, 5.41) is 2.79. The van der Waals surface area contributed by atoms with Gasteiger partial charge in [-0.3, -0.25) is 14.8 Å². The Kier molecular flexibility index (Phi) is 7.31. The summed E-state index contributed by atoms with van der Waals surface area (Å²) in [5.41, 5.74) is 4.80. The number of halogens is 3. The van der Waals surface area contributed by atoms with Crippen LogP contribution >= 0.6 is 0 Å². The normalized spacial score (nSPS) is 12.7. The Labute approximate surface area is 191 Å². The maximum absolute atomic E-state index is 13.7. The molecule has 0 radical (unpaired) electrons. The van der Waals surface area contributed by atoms with E-state index in [4.69, 9.17) is 0 Å². The maximum Gasteiger partial charge on any atom is 0.399 e. The molecule has 3 aromatic rings.